The number of rotatable bonds is 7. The lowest BCUT2D eigenvalue weighted by Crippen LogP contribution is -2.42. The standard InChI is InChI=1S/C22H26ClF2N3O4S/c1-13(2)27-22(29)28-33(30,31)21-10-18(24)20(9-19(21)25)32-12-15-11-26-8-7-17(15)14-3-5-16(23)6-4-14/h3-6,9-10,13,15,17,26H,7-8,11-12H2,1-2H3,(H2,27,28,29)/t15-,17-/m0/s1. The molecule has 0 unspecified atom stereocenters. The third-order valence-corrected chi connectivity index (χ3v) is 6.88. The van der Waals surface area contributed by atoms with Crippen LogP contribution >= 0.6 is 11.6 Å². The van der Waals surface area contributed by atoms with E-state index in [1.54, 1.807) is 30.7 Å². The minimum absolute atomic E-state index is 0.0211. The zero-order chi connectivity index (χ0) is 24.2. The molecular formula is C22H26ClF2N3O4S. The number of benzene rings is 2. The second kappa shape index (κ2) is 10.7. The molecule has 1 fully saturated rings. The van der Waals surface area contributed by atoms with Crippen LogP contribution in [0.3, 0.4) is 0 Å². The van der Waals surface area contributed by atoms with Crippen molar-refractivity contribution in [1.29, 1.82) is 0 Å². The summed E-state index contributed by atoms with van der Waals surface area (Å²) < 4.78 is 61.0. The number of sulfonamides is 1. The minimum atomic E-state index is -4.61. The lowest BCUT2D eigenvalue weighted by Gasteiger charge is -2.32. The number of carbonyl (C=O) groups excluding carboxylic acids is 1. The fraction of sp³-hybridized carbons (Fsp3) is 0.409. The Morgan fingerprint density at radius 2 is 1.91 bits per heavy atom. The smallest absolute Gasteiger partial charge is 0.328 e. The van der Waals surface area contributed by atoms with E-state index in [9.17, 15) is 22.0 Å². The van der Waals surface area contributed by atoms with Crippen molar-refractivity contribution in [3.63, 3.8) is 0 Å². The fourth-order valence-electron chi connectivity index (χ4n) is 3.74. The van der Waals surface area contributed by atoms with Crippen LogP contribution in [0.1, 0.15) is 31.7 Å². The lowest BCUT2D eigenvalue weighted by molar-refractivity contribution is 0.190. The molecule has 0 radical (unpaired) electrons. The average Bonchev–Trinajstić information content (AvgIpc) is 2.73. The highest BCUT2D eigenvalue weighted by atomic mass is 35.5. The molecular weight excluding hydrogens is 476 g/mol. The molecule has 7 nitrogen and oxygen atoms in total. The van der Waals surface area contributed by atoms with E-state index in [1.807, 2.05) is 12.1 Å². The highest BCUT2D eigenvalue weighted by Crippen LogP contribution is 2.32. The number of halogens is 3. The number of hydrogen-bond acceptors (Lipinski definition) is 5. The second-order valence-corrected chi connectivity index (χ2v) is 10.3. The van der Waals surface area contributed by atoms with Crippen LogP contribution in [0.15, 0.2) is 41.3 Å². The highest BCUT2D eigenvalue weighted by Gasteiger charge is 2.29. The van der Waals surface area contributed by atoms with Gasteiger partial charge in [0.2, 0.25) is 0 Å². The van der Waals surface area contributed by atoms with E-state index in [0.717, 1.165) is 18.5 Å². The number of urea groups is 1. The number of carbonyl (C=O) groups is 1. The van der Waals surface area contributed by atoms with E-state index in [1.165, 1.54) is 0 Å². The van der Waals surface area contributed by atoms with Gasteiger partial charge in [-0.05, 0) is 50.4 Å². The van der Waals surface area contributed by atoms with Gasteiger partial charge in [-0.3, -0.25) is 0 Å². The molecule has 2 amide bonds. The predicted molar refractivity (Wildman–Crippen MR) is 121 cm³/mol. The summed E-state index contributed by atoms with van der Waals surface area (Å²) in [6, 6.07) is 7.29. The first kappa shape index (κ1) is 25.2. The first-order valence-electron chi connectivity index (χ1n) is 10.5. The molecule has 3 N–H and O–H groups in total. The van der Waals surface area contributed by atoms with Gasteiger partial charge in [-0.25, -0.2) is 26.7 Å². The van der Waals surface area contributed by atoms with Crippen molar-refractivity contribution in [1.82, 2.24) is 15.4 Å². The van der Waals surface area contributed by atoms with Crippen LogP contribution in [0.25, 0.3) is 0 Å². The lowest BCUT2D eigenvalue weighted by atomic mass is 9.81. The maximum atomic E-state index is 14.6. The second-order valence-electron chi connectivity index (χ2n) is 8.17. The Bertz CT molecular complexity index is 1100. The summed E-state index contributed by atoms with van der Waals surface area (Å²) in [5.41, 5.74) is 1.08. The van der Waals surface area contributed by atoms with Crippen molar-refractivity contribution in [3.05, 3.63) is 58.6 Å². The maximum absolute atomic E-state index is 14.6. The Morgan fingerprint density at radius 3 is 2.58 bits per heavy atom. The van der Waals surface area contributed by atoms with Gasteiger partial charge in [0.25, 0.3) is 10.0 Å². The molecule has 1 aliphatic rings. The summed E-state index contributed by atoms with van der Waals surface area (Å²) in [5.74, 6) is -2.56. The molecule has 1 heterocycles. The van der Waals surface area contributed by atoms with Gasteiger partial charge in [0.05, 0.1) is 6.61 Å². The molecule has 33 heavy (non-hydrogen) atoms. The van der Waals surface area contributed by atoms with Crippen LogP contribution in [0.4, 0.5) is 13.6 Å². The Morgan fingerprint density at radius 1 is 1.21 bits per heavy atom. The first-order valence-corrected chi connectivity index (χ1v) is 12.3. The van der Waals surface area contributed by atoms with Gasteiger partial charge in [-0.1, -0.05) is 23.7 Å². The summed E-state index contributed by atoms with van der Waals surface area (Å²) in [4.78, 5) is 10.7. The molecule has 0 bridgehead atoms. The molecule has 11 heteroatoms. The summed E-state index contributed by atoms with van der Waals surface area (Å²) in [7, 11) is -4.61. The zero-order valence-corrected chi connectivity index (χ0v) is 19.8. The largest absolute Gasteiger partial charge is 0.490 e. The quantitative estimate of drug-likeness (QED) is 0.536. The maximum Gasteiger partial charge on any atom is 0.328 e. The van der Waals surface area contributed by atoms with E-state index in [2.05, 4.69) is 10.6 Å². The van der Waals surface area contributed by atoms with Crippen molar-refractivity contribution in [2.45, 2.75) is 37.1 Å². The van der Waals surface area contributed by atoms with Crippen LogP contribution in [0.2, 0.25) is 5.02 Å². The number of hydrogen-bond donors (Lipinski definition) is 3. The van der Waals surface area contributed by atoms with Crippen molar-refractivity contribution in [3.8, 4) is 5.75 Å². The molecule has 3 rings (SSSR count). The summed E-state index contributed by atoms with van der Waals surface area (Å²) >= 11 is 5.97. The molecule has 2 atom stereocenters. The average molecular weight is 502 g/mol. The Balaban J connectivity index is 1.73. The number of ether oxygens (including phenoxy) is 1. The number of piperidine rings is 1. The predicted octanol–water partition coefficient (Wildman–Crippen LogP) is 3.79. The first-order chi connectivity index (χ1) is 15.6. The van der Waals surface area contributed by atoms with Gasteiger partial charge in [0.1, 0.15) is 10.7 Å². The molecule has 1 saturated heterocycles. The Hall–Kier alpha value is -2.43. The van der Waals surface area contributed by atoms with E-state index >= 15 is 0 Å². The molecule has 1 aliphatic heterocycles. The van der Waals surface area contributed by atoms with Crippen LogP contribution < -0.4 is 20.1 Å². The molecule has 180 valence electrons. The van der Waals surface area contributed by atoms with E-state index in [4.69, 9.17) is 16.3 Å². The van der Waals surface area contributed by atoms with Crippen LogP contribution in [0, 0.1) is 17.6 Å². The summed E-state index contributed by atoms with van der Waals surface area (Å²) in [5, 5.41) is 6.21. The SMILES string of the molecule is CC(C)NC(=O)NS(=O)(=O)c1cc(F)c(OC[C@@H]2CNCC[C@H]2c2ccc(Cl)cc2)cc1F. The van der Waals surface area contributed by atoms with Crippen molar-refractivity contribution >= 4 is 27.7 Å². The third-order valence-electron chi connectivity index (χ3n) is 5.28. The van der Waals surface area contributed by atoms with Crippen molar-refractivity contribution in [2.75, 3.05) is 19.7 Å². The summed E-state index contributed by atoms with van der Waals surface area (Å²) in [6.07, 6.45) is 0.841. The molecule has 0 saturated carbocycles. The van der Waals surface area contributed by atoms with Crippen molar-refractivity contribution < 1.29 is 26.7 Å². The van der Waals surface area contributed by atoms with E-state index in [-0.39, 0.29) is 24.5 Å². The Kier molecular flexibility index (Phi) is 8.14. The molecule has 2 aromatic rings. The van der Waals surface area contributed by atoms with Gasteiger partial charge in [-0.15, -0.1) is 0 Å². The molecule has 0 aliphatic carbocycles. The van der Waals surface area contributed by atoms with Gasteiger partial charge >= 0.3 is 6.03 Å². The number of nitrogens with one attached hydrogen (secondary N) is 3. The van der Waals surface area contributed by atoms with Crippen molar-refractivity contribution in [2.24, 2.45) is 5.92 Å². The zero-order valence-electron chi connectivity index (χ0n) is 18.2. The molecule has 0 aromatic heterocycles. The van der Waals surface area contributed by atoms with E-state index < -0.39 is 38.3 Å². The third kappa shape index (κ3) is 6.55. The van der Waals surface area contributed by atoms with Crippen LogP contribution in [-0.2, 0) is 10.0 Å². The summed E-state index contributed by atoms with van der Waals surface area (Å²) in [6.45, 7) is 4.78. The monoisotopic (exact) mass is 501 g/mol. The highest BCUT2D eigenvalue weighted by molar-refractivity contribution is 7.90. The van der Waals surface area contributed by atoms with Gasteiger partial charge in [0, 0.05) is 35.7 Å². The fourth-order valence-corrected chi connectivity index (χ4v) is 4.85. The normalized spacial score (nSPS) is 18.7. The van der Waals surface area contributed by atoms with Crippen LogP contribution in [0.5, 0.6) is 5.75 Å². The molecule has 2 aromatic carbocycles. The van der Waals surface area contributed by atoms with E-state index in [0.29, 0.717) is 23.7 Å². The van der Waals surface area contributed by atoms with Crippen LogP contribution in [-0.4, -0.2) is 40.2 Å². The van der Waals surface area contributed by atoms with Gasteiger partial charge < -0.3 is 15.4 Å². The minimum Gasteiger partial charge on any atom is -0.490 e. The Labute approximate surface area is 196 Å². The topological polar surface area (TPSA) is 96.5 Å². The number of amides is 2. The van der Waals surface area contributed by atoms with Gasteiger partial charge in [-0.2, -0.15) is 0 Å². The van der Waals surface area contributed by atoms with Gasteiger partial charge in [0.15, 0.2) is 11.6 Å². The molecule has 0 spiro atoms.